The highest BCUT2D eigenvalue weighted by Gasteiger charge is 2.18. The van der Waals surface area contributed by atoms with Crippen molar-refractivity contribution in [2.45, 2.75) is 45.4 Å². The third kappa shape index (κ3) is 7.80. The molecule has 2 aromatic carbocycles. The van der Waals surface area contributed by atoms with Crippen molar-refractivity contribution in [2.75, 3.05) is 13.2 Å². The second-order valence-electron chi connectivity index (χ2n) is 6.58. The molecule has 0 radical (unpaired) electrons. The maximum Gasteiger partial charge on any atom is 0.160 e. The van der Waals surface area contributed by atoms with E-state index in [0.717, 1.165) is 11.1 Å². The molecular weight excluding hydrogens is 316 g/mol. The van der Waals surface area contributed by atoms with Crippen molar-refractivity contribution < 1.29 is 19.3 Å². The smallest absolute Gasteiger partial charge is 0.160 e. The quantitative estimate of drug-likeness (QED) is 0.628. The molecule has 4 nitrogen and oxygen atoms in total. The Balaban J connectivity index is 1.85. The molecule has 0 unspecified atom stereocenters. The van der Waals surface area contributed by atoms with Crippen molar-refractivity contribution >= 4 is 0 Å². The lowest BCUT2D eigenvalue weighted by Gasteiger charge is -2.25. The lowest BCUT2D eigenvalue weighted by molar-refractivity contribution is -0.173. The van der Waals surface area contributed by atoms with Crippen LogP contribution in [0.1, 0.15) is 31.4 Å². The van der Waals surface area contributed by atoms with Crippen molar-refractivity contribution in [3.05, 3.63) is 71.8 Å². The normalized spacial score (nSPS) is 11.8. The molecule has 0 spiro atoms. The van der Waals surface area contributed by atoms with Gasteiger partial charge in [-0.1, -0.05) is 60.7 Å². The van der Waals surface area contributed by atoms with Crippen molar-refractivity contribution in [1.82, 2.24) is 0 Å². The molecule has 25 heavy (non-hydrogen) atoms. The fourth-order valence-corrected chi connectivity index (χ4v) is 2.22. The fourth-order valence-electron chi connectivity index (χ4n) is 2.22. The summed E-state index contributed by atoms with van der Waals surface area (Å²) in [6.45, 7) is 5.14. The Labute approximate surface area is 150 Å². The number of benzene rings is 2. The lowest BCUT2D eigenvalue weighted by Crippen LogP contribution is -2.31. The van der Waals surface area contributed by atoms with Crippen molar-refractivity contribution in [3.8, 4) is 0 Å². The summed E-state index contributed by atoms with van der Waals surface area (Å²) in [6, 6.07) is 20.0. The van der Waals surface area contributed by atoms with Crippen LogP contribution in [-0.2, 0) is 27.4 Å². The van der Waals surface area contributed by atoms with E-state index in [1.54, 1.807) is 0 Å². The summed E-state index contributed by atoms with van der Waals surface area (Å²) in [4.78, 5) is 0. The van der Waals surface area contributed by atoms with Crippen LogP contribution in [0.5, 0.6) is 0 Å². The van der Waals surface area contributed by atoms with E-state index in [2.05, 4.69) is 0 Å². The molecule has 0 saturated carbocycles. The summed E-state index contributed by atoms with van der Waals surface area (Å²) in [7, 11) is 0. The minimum atomic E-state index is -0.552. The summed E-state index contributed by atoms with van der Waals surface area (Å²) < 4.78 is 17.6. The Kier molecular flexibility index (Phi) is 8.09. The van der Waals surface area contributed by atoms with Gasteiger partial charge in [0, 0.05) is 6.42 Å². The zero-order chi connectivity index (χ0) is 18.0. The molecule has 136 valence electrons. The Morgan fingerprint density at radius 3 is 1.76 bits per heavy atom. The molecule has 2 aromatic rings. The summed E-state index contributed by atoms with van der Waals surface area (Å²) in [5, 5.41) is 9.28. The number of hydrogen-bond donors (Lipinski definition) is 1. The van der Waals surface area contributed by atoms with Crippen molar-refractivity contribution in [2.24, 2.45) is 0 Å². The molecule has 0 aliphatic rings. The van der Waals surface area contributed by atoms with E-state index >= 15 is 0 Å². The van der Waals surface area contributed by atoms with Gasteiger partial charge in [0.1, 0.15) is 0 Å². The third-order valence-electron chi connectivity index (χ3n) is 3.78. The number of hydrogen-bond acceptors (Lipinski definition) is 4. The maximum atomic E-state index is 9.28. The van der Waals surface area contributed by atoms with Crippen LogP contribution in [-0.4, -0.2) is 30.2 Å². The Hall–Kier alpha value is -1.72. The Morgan fingerprint density at radius 1 is 0.840 bits per heavy atom. The standard InChI is InChI=1S/C21H28O4/c1-21(2,17-22)25-14-13-20(23-15-18-9-5-3-6-10-18)24-16-19-11-7-4-8-12-19/h3-12,20,22H,13-17H2,1-2H3. The van der Waals surface area contributed by atoms with Crippen LogP contribution >= 0.6 is 0 Å². The van der Waals surface area contributed by atoms with E-state index in [1.807, 2.05) is 74.5 Å². The first-order chi connectivity index (χ1) is 12.1. The van der Waals surface area contributed by atoms with E-state index < -0.39 is 5.60 Å². The van der Waals surface area contributed by atoms with E-state index in [9.17, 15) is 5.11 Å². The van der Waals surface area contributed by atoms with Gasteiger partial charge in [-0.2, -0.15) is 0 Å². The van der Waals surface area contributed by atoms with Crippen LogP contribution in [0, 0.1) is 0 Å². The van der Waals surface area contributed by atoms with Crippen LogP contribution in [0.15, 0.2) is 60.7 Å². The molecule has 0 aliphatic heterocycles. The molecule has 4 heteroatoms. The summed E-state index contributed by atoms with van der Waals surface area (Å²) >= 11 is 0. The van der Waals surface area contributed by atoms with Crippen LogP contribution in [0.4, 0.5) is 0 Å². The van der Waals surface area contributed by atoms with Gasteiger partial charge in [0.25, 0.3) is 0 Å². The number of ether oxygens (including phenoxy) is 3. The Morgan fingerprint density at radius 2 is 1.32 bits per heavy atom. The summed E-state index contributed by atoms with van der Waals surface area (Å²) in [5.41, 5.74) is 1.66. The first-order valence-corrected chi connectivity index (χ1v) is 8.65. The predicted octanol–water partition coefficient (Wildman–Crippen LogP) is 3.92. The van der Waals surface area contributed by atoms with E-state index in [0.29, 0.717) is 26.2 Å². The van der Waals surface area contributed by atoms with Gasteiger partial charge in [0.2, 0.25) is 0 Å². The van der Waals surface area contributed by atoms with Gasteiger partial charge in [0.05, 0.1) is 32.0 Å². The summed E-state index contributed by atoms with van der Waals surface area (Å²) in [6.07, 6.45) is 0.234. The topological polar surface area (TPSA) is 47.9 Å². The summed E-state index contributed by atoms with van der Waals surface area (Å²) in [5.74, 6) is 0. The molecule has 0 bridgehead atoms. The highest BCUT2D eigenvalue weighted by atomic mass is 16.7. The van der Waals surface area contributed by atoms with Crippen molar-refractivity contribution in [3.63, 3.8) is 0 Å². The molecule has 2 rings (SSSR count). The zero-order valence-electron chi connectivity index (χ0n) is 15.1. The average molecular weight is 344 g/mol. The first kappa shape index (κ1) is 19.6. The molecule has 0 atom stereocenters. The van der Waals surface area contributed by atoms with Crippen molar-refractivity contribution in [1.29, 1.82) is 0 Å². The second-order valence-corrected chi connectivity index (χ2v) is 6.58. The minimum absolute atomic E-state index is 0.0204. The zero-order valence-corrected chi connectivity index (χ0v) is 15.1. The van der Waals surface area contributed by atoms with E-state index in [-0.39, 0.29) is 12.9 Å². The molecule has 0 fully saturated rings. The van der Waals surface area contributed by atoms with Gasteiger partial charge < -0.3 is 19.3 Å². The van der Waals surface area contributed by atoms with Crippen LogP contribution < -0.4 is 0 Å². The van der Waals surface area contributed by atoms with Crippen LogP contribution in [0.25, 0.3) is 0 Å². The first-order valence-electron chi connectivity index (χ1n) is 8.65. The molecule has 0 amide bonds. The fraction of sp³-hybridized carbons (Fsp3) is 0.429. The monoisotopic (exact) mass is 344 g/mol. The van der Waals surface area contributed by atoms with Gasteiger partial charge in [0.15, 0.2) is 6.29 Å². The third-order valence-corrected chi connectivity index (χ3v) is 3.78. The Bertz CT molecular complexity index is 540. The van der Waals surface area contributed by atoms with E-state index in [1.165, 1.54) is 0 Å². The SMILES string of the molecule is CC(C)(CO)OCCC(OCc1ccccc1)OCc1ccccc1. The maximum absolute atomic E-state index is 9.28. The molecule has 0 saturated heterocycles. The molecule has 0 aromatic heterocycles. The molecular formula is C21H28O4. The number of aliphatic hydroxyl groups excluding tert-OH is 1. The van der Waals surface area contributed by atoms with E-state index in [4.69, 9.17) is 14.2 Å². The molecule has 1 N–H and O–H groups in total. The highest BCUT2D eigenvalue weighted by molar-refractivity contribution is 5.14. The largest absolute Gasteiger partial charge is 0.393 e. The van der Waals surface area contributed by atoms with Crippen LogP contribution in [0.2, 0.25) is 0 Å². The van der Waals surface area contributed by atoms with Gasteiger partial charge in [-0.05, 0) is 25.0 Å². The van der Waals surface area contributed by atoms with Crippen LogP contribution in [0.3, 0.4) is 0 Å². The number of aliphatic hydroxyl groups is 1. The number of rotatable bonds is 11. The average Bonchev–Trinajstić information content (AvgIpc) is 2.65. The molecule has 0 heterocycles. The highest BCUT2D eigenvalue weighted by Crippen LogP contribution is 2.14. The lowest BCUT2D eigenvalue weighted by atomic mass is 10.1. The van der Waals surface area contributed by atoms with Gasteiger partial charge in [-0.3, -0.25) is 0 Å². The van der Waals surface area contributed by atoms with Gasteiger partial charge in [-0.25, -0.2) is 0 Å². The molecule has 0 aliphatic carbocycles. The van der Waals surface area contributed by atoms with Gasteiger partial charge in [-0.15, -0.1) is 0 Å². The predicted molar refractivity (Wildman–Crippen MR) is 98.0 cm³/mol. The second kappa shape index (κ2) is 10.3. The van der Waals surface area contributed by atoms with Gasteiger partial charge >= 0.3 is 0 Å². The minimum Gasteiger partial charge on any atom is -0.393 e.